The van der Waals surface area contributed by atoms with Crippen LogP contribution in [0, 0.1) is 5.82 Å². The van der Waals surface area contributed by atoms with Crippen LogP contribution in [0.15, 0.2) is 54.7 Å². The van der Waals surface area contributed by atoms with E-state index in [1.54, 1.807) is 12.1 Å². The zero-order valence-corrected chi connectivity index (χ0v) is 14.1. The van der Waals surface area contributed by atoms with Gasteiger partial charge in [-0.05, 0) is 36.2 Å². The van der Waals surface area contributed by atoms with Gasteiger partial charge in [0.2, 0.25) is 0 Å². The normalized spacial score (nSPS) is 12.7. The number of para-hydroxylation sites is 1. The number of anilines is 1. The predicted octanol–water partition coefficient (Wildman–Crippen LogP) is 3.65. The van der Waals surface area contributed by atoms with Crippen molar-refractivity contribution in [3.8, 4) is 17.0 Å². The highest BCUT2D eigenvalue weighted by Crippen LogP contribution is 2.26. The lowest BCUT2D eigenvalue weighted by Gasteiger charge is -2.09. The van der Waals surface area contributed by atoms with Crippen LogP contribution in [0.1, 0.15) is 12.2 Å². The Kier molecular flexibility index (Phi) is 4.39. The van der Waals surface area contributed by atoms with Crippen LogP contribution in [0.4, 0.5) is 10.1 Å². The Balaban J connectivity index is 1.38. The molecule has 5 nitrogen and oxygen atoms in total. The molecular formula is C20H18FN3O2. The summed E-state index contributed by atoms with van der Waals surface area (Å²) in [6, 6.07) is 13.6. The Bertz CT molecular complexity index is 934. The fourth-order valence-electron chi connectivity index (χ4n) is 3.12. The Morgan fingerprint density at radius 1 is 1.19 bits per heavy atom. The molecule has 0 radical (unpaired) electrons. The number of hydrogen-bond donors (Lipinski definition) is 1. The second-order valence-corrected chi connectivity index (χ2v) is 6.16. The van der Waals surface area contributed by atoms with E-state index in [1.807, 2.05) is 30.5 Å². The van der Waals surface area contributed by atoms with Gasteiger partial charge in [-0.1, -0.05) is 24.3 Å². The van der Waals surface area contributed by atoms with E-state index in [0.717, 1.165) is 36.5 Å². The van der Waals surface area contributed by atoms with Crippen LogP contribution in [-0.4, -0.2) is 22.1 Å². The number of carbonyl (C=O) groups excluding carboxylic acids is 1. The van der Waals surface area contributed by atoms with Crippen molar-refractivity contribution in [3.05, 3.63) is 66.4 Å². The van der Waals surface area contributed by atoms with Crippen molar-refractivity contribution in [1.29, 1.82) is 0 Å². The molecule has 0 bridgehead atoms. The minimum Gasteiger partial charge on any atom is -0.481 e. The van der Waals surface area contributed by atoms with Crippen LogP contribution in [0.25, 0.3) is 11.3 Å². The quantitative estimate of drug-likeness (QED) is 0.763. The Labute approximate surface area is 150 Å². The molecule has 0 aliphatic carbocycles. The van der Waals surface area contributed by atoms with Gasteiger partial charge in [0.15, 0.2) is 18.2 Å². The van der Waals surface area contributed by atoms with Crippen molar-refractivity contribution in [1.82, 2.24) is 9.55 Å². The van der Waals surface area contributed by atoms with Gasteiger partial charge in [0.1, 0.15) is 5.82 Å². The number of rotatable bonds is 5. The number of ether oxygens (including phenoxy) is 1. The highest BCUT2D eigenvalue weighted by Gasteiger charge is 2.16. The van der Waals surface area contributed by atoms with Crippen molar-refractivity contribution < 1.29 is 13.9 Å². The molecule has 1 amide bonds. The number of carbonyl (C=O) groups is 1. The fourth-order valence-corrected chi connectivity index (χ4v) is 3.12. The average molecular weight is 351 g/mol. The molecule has 2 aromatic carbocycles. The SMILES string of the molecule is O=C(COc1ccccc1F)Nc1ccc(-c2cnc3n2CCC3)cc1. The van der Waals surface area contributed by atoms with E-state index in [2.05, 4.69) is 14.9 Å². The largest absolute Gasteiger partial charge is 0.481 e. The maximum Gasteiger partial charge on any atom is 0.262 e. The van der Waals surface area contributed by atoms with E-state index in [4.69, 9.17) is 4.74 Å². The summed E-state index contributed by atoms with van der Waals surface area (Å²) >= 11 is 0. The molecule has 1 N–H and O–H groups in total. The first-order valence-electron chi connectivity index (χ1n) is 8.53. The van der Waals surface area contributed by atoms with Gasteiger partial charge in [-0.3, -0.25) is 4.79 Å². The molecule has 0 saturated carbocycles. The van der Waals surface area contributed by atoms with Crippen LogP contribution in [0.5, 0.6) is 5.75 Å². The number of halogens is 1. The monoisotopic (exact) mass is 351 g/mol. The Morgan fingerprint density at radius 3 is 2.81 bits per heavy atom. The molecule has 2 heterocycles. The number of imidazole rings is 1. The van der Waals surface area contributed by atoms with Crippen LogP contribution >= 0.6 is 0 Å². The number of amides is 1. The average Bonchev–Trinajstić information content (AvgIpc) is 3.25. The third-order valence-corrected chi connectivity index (χ3v) is 4.38. The minimum absolute atomic E-state index is 0.0626. The number of benzene rings is 2. The van der Waals surface area contributed by atoms with Crippen LogP contribution < -0.4 is 10.1 Å². The maximum atomic E-state index is 13.5. The van der Waals surface area contributed by atoms with Gasteiger partial charge in [-0.25, -0.2) is 9.37 Å². The van der Waals surface area contributed by atoms with Crippen molar-refractivity contribution in [3.63, 3.8) is 0 Å². The fraction of sp³-hybridized carbons (Fsp3) is 0.200. The molecule has 0 atom stereocenters. The molecule has 3 aromatic rings. The van der Waals surface area contributed by atoms with Crippen LogP contribution in [0.3, 0.4) is 0 Å². The topological polar surface area (TPSA) is 56.1 Å². The molecule has 132 valence electrons. The summed E-state index contributed by atoms with van der Waals surface area (Å²) in [7, 11) is 0. The van der Waals surface area contributed by atoms with Gasteiger partial charge >= 0.3 is 0 Å². The van der Waals surface area contributed by atoms with Crippen LogP contribution in [-0.2, 0) is 17.8 Å². The van der Waals surface area contributed by atoms with Gasteiger partial charge in [-0.15, -0.1) is 0 Å². The third kappa shape index (κ3) is 3.31. The zero-order valence-electron chi connectivity index (χ0n) is 14.1. The molecule has 4 rings (SSSR count). The molecular weight excluding hydrogens is 333 g/mol. The van der Waals surface area contributed by atoms with E-state index < -0.39 is 5.82 Å². The van der Waals surface area contributed by atoms with Gasteiger partial charge in [0.25, 0.3) is 5.91 Å². The van der Waals surface area contributed by atoms with Crippen molar-refractivity contribution in [2.24, 2.45) is 0 Å². The van der Waals surface area contributed by atoms with Crippen molar-refractivity contribution in [2.45, 2.75) is 19.4 Å². The van der Waals surface area contributed by atoms with Crippen molar-refractivity contribution >= 4 is 11.6 Å². The highest BCUT2D eigenvalue weighted by atomic mass is 19.1. The van der Waals surface area contributed by atoms with Gasteiger partial charge < -0.3 is 14.6 Å². The molecule has 0 fully saturated rings. The van der Waals surface area contributed by atoms with Gasteiger partial charge in [0, 0.05) is 18.7 Å². The maximum absolute atomic E-state index is 13.5. The molecule has 1 aliphatic rings. The summed E-state index contributed by atoms with van der Waals surface area (Å²) in [6.45, 7) is 0.745. The second kappa shape index (κ2) is 7.00. The highest BCUT2D eigenvalue weighted by molar-refractivity contribution is 5.92. The first-order valence-corrected chi connectivity index (χ1v) is 8.53. The van der Waals surface area contributed by atoms with E-state index in [0.29, 0.717) is 5.69 Å². The number of aryl methyl sites for hydroxylation is 1. The summed E-state index contributed by atoms with van der Waals surface area (Å²) in [5.41, 5.74) is 2.82. The Hall–Kier alpha value is -3.15. The van der Waals surface area contributed by atoms with E-state index >= 15 is 0 Å². The number of hydrogen-bond acceptors (Lipinski definition) is 3. The smallest absolute Gasteiger partial charge is 0.262 e. The molecule has 6 heteroatoms. The first-order chi connectivity index (χ1) is 12.7. The minimum atomic E-state index is -0.488. The molecule has 0 unspecified atom stereocenters. The standard InChI is InChI=1S/C20H18FN3O2/c21-16-4-1-2-5-18(16)26-13-20(25)23-15-9-7-14(8-10-15)17-12-22-19-6-3-11-24(17)19/h1-2,4-5,7-10,12H,3,6,11,13H2,(H,23,25). The van der Waals surface area contributed by atoms with Gasteiger partial charge in [-0.2, -0.15) is 0 Å². The third-order valence-electron chi connectivity index (χ3n) is 4.38. The number of nitrogens with zero attached hydrogens (tertiary/aromatic N) is 2. The number of nitrogens with one attached hydrogen (secondary N) is 1. The van der Waals surface area contributed by atoms with E-state index in [9.17, 15) is 9.18 Å². The summed E-state index contributed by atoms with van der Waals surface area (Å²) in [4.78, 5) is 16.4. The summed E-state index contributed by atoms with van der Waals surface area (Å²) in [6.07, 6.45) is 4.05. The van der Waals surface area contributed by atoms with Crippen molar-refractivity contribution in [2.75, 3.05) is 11.9 Å². The number of aromatic nitrogens is 2. The zero-order chi connectivity index (χ0) is 17.9. The first kappa shape index (κ1) is 16.3. The van der Waals surface area contributed by atoms with E-state index in [-0.39, 0.29) is 18.3 Å². The van der Waals surface area contributed by atoms with Gasteiger partial charge in [0.05, 0.1) is 11.9 Å². The number of fused-ring (bicyclic) bond motifs is 1. The molecule has 26 heavy (non-hydrogen) atoms. The second-order valence-electron chi connectivity index (χ2n) is 6.16. The lowest BCUT2D eigenvalue weighted by atomic mass is 10.1. The lowest BCUT2D eigenvalue weighted by molar-refractivity contribution is -0.118. The summed E-state index contributed by atoms with van der Waals surface area (Å²) in [5, 5.41) is 2.75. The molecule has 1 aliphatic heterocycles. The summed E-state index contributed by atoms with van der Waals surface area (Å²) < 4.78 is 20.9. The molecule has 0 spiro atoms. The van der Waals surface area contributed by atoms with E-state index in [1.165, 1.54) is 12.1 Å². The lowest BCUT2D eigenvalue weighted by Crippen LogP contribution is -2.20. The van der Waals surface area contributed by atoms with Crippen LogP contribution in [0.2, 0.25) is 0 Å². The molecule has 0 saturated heterocycles. The Morgan fingerprint density at radius 2 is 2.00 bits per heavy atom. The predicted molar refractivity (Wildman–Crippen MR) is 96.5 cm³/mol. The molecule has 1 aromatic heterocycles. The summed E-state index contributed by atoms with van der Waals surface area (Å²) in [5.74, 6) is 0.361.